The topological polar surface area (TPSA) is 34.1 Å². The third-order valence-electron chi connectivity index (χ3n) is 7.89. The zero-order valence-electron chi connectivity index (χ0n) is 19.1. The van der Waals surface area contributed by atoms with Gasteiger partial charge in [-0.3, -0.25) is 9.59 Å². The molecule has 7 rings (SSSR count). The van der Waals surface area contributed by atoms with E-state index in [-0.39, 0.29) is 11.6 Å². The van der Waals surface area contributed by atoms with Crippen molar-refractivity contribution in [3.8, 4) is 0 Å². The Labute approximate surface area is 198 Å². The Kier molecular flexibility index (Phi) is 3.72. The highest BCUT2D eigenvalue weighted by Gasteiger charge is 2.62. The maximum Gasteiger partial charge on any atom is 0.191 e. The first kappa shape index (κ1) is 19.4. The lowest BCUT2D eigenvalue weighted by Gasteiger charge is -2.42. The summed E-state index contributed by atoms with van der Waals surface area (Å²) < 4.78 is 0. The minimum Gasteiger partial charge on any atom is -0.293 e. The van der Waals surface area contributed by atoms with E-state index in [1.165, 1.54) is 0 Å². The average Bonchev–Trinajstić information content (AvgIpc) is 3.30. The van der Waals surface area contributed by atoms with Crippen LogP contribution >= 0.6 is 0 Å². The first-order valence-electron chi connectivity index (χ1n) is 11.7. The van der Waals surface area contributed by atoms with Crippen LogP contribution in [0.1, 0.15) is 65.6 Å². The minimum absolute atomic E-state index is 0.0359. The van der Waals surface area contributed by atoms with Gasteiger partial charge in [-0.15, -0.1) is 0 Å². The van der Waals surface area contributed by atoms with Crippen molar-refractivity contribution in [2.24, 2.45) is 0 Å². The van der Waals surface area contributed by atoms with Crippen molar-refractivity contribution in [1.82, 2.24) is 0 Å². The number of benzene rings is 4. The molecule has 0 amide bonds. The van der Waals surface area contributed by atoms with E-state index in [2.05, 4.69) is 62.4 Å². The van der Waals surface area contributed by atoms with Crippen LogP contribution in [0.15, 0.2) is 96.6 Å². The molecule has 162 valence electrons. The van der Waals surface area contributed by atoms with Gasteiger partial charge in [-0.2, -0.15) is 0 Å². The second kappa shape index (κ2) is 6.51. The van der Waals surface area contributed by atoms with Gasteiger partial charge in [-0.05, 0) is 47.2 Å². The number of Topliss-reactive ketones (excluding diaryl/α,β-unsaturated/α-hetero) is 2. The maximum absolute atomic E-state index is 14.3. The summed E-state index contributed by atoms with van der Waals surface area (Å²) >= 11 is 0. The number of carbonyl (C=O) groups excluding carboxylic acids is 2. The van der Waals surface area contributed by atoms with Crippen molar-refractivity contribution in [3.05, 3.63) is 147 Å². The number of hydrogen-bond donors (Lipinski definition) is 0. The maximum atomic E-state index is 14.3. The Morgan fingerprint density at radius 3 is 2.15 bits per heavy atom. The Morgan fingerprint density at radius 1 is 0.647 bits per heavy atom. The summed E-state index contributed by atoms with van der Waals surface area (Å²) in [5.41, 5.74) is 9.51. The molecule has 0 heterocycles. The molecule has 0 saturated heterocycles. The number of ketones is 2. The average molecular weight is 439 g/mol. The van der Waals surface area contributed by atoms with Gasteiger partial charge in [-0.1, -0.05) is 102 Å². The minimum atomic E-state index is -0.854. The molecule has 0 N–H and O–H groups in total. The summed E-state index contributed by atoms with van der Waals surface area (Å²) in [6.45, 7) is 4.13. The van der Waals surface area contributed by atoms with Gasteiger partial charge >= 0.3 is 0 Å². The Balaban J connectivity index is 1.73. The second-order valence-corrected chi connectivity index (χ2v) is 9.74. The molecule has 4 aromatic carbocycles. The number of hydrogen-bond acceptors (Lipinski definition) is 2. The number of aryl methyl sites for hydroxylation is 2. The Morgan fingerprint density at radius 2 is 1.35 bits per heavy atom. The van der Waals surface area contributed by atoms with Gasteiger partial charge in [0.15, 0.2) is 11.6 Å². The van der Waals surface area contributed by atoms with Gasteiger partial charge in [0.25, 0.3) is 0 Å². The normalized spacial score (nSPS) is 21.6. The van der Waals surface area contributed by atoms with E-state index >= 15 is 0 Å². The van der Waals surface area contributed by atoms with Crippen LogP contribution < -0.4 is 0 Å². The third kappa shape index (κ3) is 2.16. The highest BCUT2D eigenvalue weighted by Crippen LogP contribution is 2.64. The van der Waals surface area contributed by atoms with Gasteiger partial charge < -0.3 is 0 Å². The number of rotatable bonds is 1. The third-order valence-corrected chi connectivity index (χ3v) is 7.89. The lowest BCUT2D eigenvalue weighted by molar-refractivity contribution is 0.0949. The van der Waals surface area contributed by atoms with Gasteiger partial charge in [0, 0.05) is 16.7 Å². The number of fused-ring (bicyclic) bond motifs is 9. The lowest BCUT2D eigenvalue weighted by atomic mass is 9.57. The molecule has 0 aliphatic heterocycles. The lowest BCUT2D eigenvalue weighted by Crippen LogP contribution is -2.40. The summed E-state index contributed by atoms with van der Waals surface area (Å²) in [4.78, 5) is 28.5. The van der Waals surface area contributed by atoms with Crippen molar-refractivity contribution < 1.29 is 9.59 Å². The fraction of sp³-hybridized carbons (Fsp3) is 0.125. The van der Waals surface area contributed by atoms with Crippen LogP contribution in [-0.2, 0) is 5.41 Å². The van der Waals surface area contributed by atoms with Crippen LogP contribution in [0.3, 0.4) is 0 Å². The highest BCUT2D eigenvalue weighted by molar-refractivity contribution is 6.28. The van der Waals surface area contributed by atoms with Crippen LogP contribution in [0.25, 0.3) is 5.57 Å². The summed E-state index contributed by atoms with van der Waals surface area (Å²) in [5.74, 6) is -0.342. The van der Waals surface area contributed by atoms with Gasteiger partial charge in [0.2, 0.25) is 0 Å². The summed E-state index contributed by atoms with van der Waals surface area (Å²) in [5, 5.41) is 0. The van der Waals surface area contributed by atoms with Crippen LogP contribution in [0, 0.1) is 13.8 Å². The molecule has 0 spiro atoms. The Hall–Kier alpha value is -4.04. The molecule has 0 bridgehead atoms. The van der Waals surface area contributed by atoms with E-state index in [1.54, 1.807) is 0 Å². The Bertz CT molecular complexity index is 1620. The molecule has 0 fully saturated rings. The first-order chi connectivity index (χ1) is 16.5. The van der Waals surface area contributed by atoms with Crippen molar-refractivity contribution in [1.29, 1.82) is 0 Å². The number of carbonyl (C=O) groups is 2. The molecule has 34 heavy (non-hydrogen) atoms. The number of allylic oxidation sites excluding steroid dienone is 1. The first-order valence-corrected chi connectivity index (χ1v) is 11.7. The van der Waals surface area contributed by atoms with Gasteiger partial charge in [0.1, 0.15) is 0 Å². The molecule has 2 nitrogen and oxygen atoms in total. The predicted octanol–water partition coefficient (Wildman–Crippen LogP) is 6.58. The van der Waals surface area contributed by atoms with Crippen molar-refractivity contribution >= 4 is 17.1 Å². The standard InChI is InChI=1S/C32H22O2/c1-18-8-7-9-20(16-18)32-26-13-6-5-12-24(26)31(34)28(32)22-15-14-19(2)17-25(22)27-21-10-3-4-11-23(21)30(33)29(27)32/h3-17,28H,1-2H3. The largest absolute Gasteiger partial charge is 0.293 e. The fourth-order valence-corrected chi connectivity index (χ4v) is 6.64. The van der Waals surface area contributed by atoms with E-state index in [4.69, 9.17) is 0 Å². The SMILES string of the molecule is Cc1cccc(C23C4=C(c5ccccc5C4=O)c4cc(C)ccc4C2C(=O)c2ccccc23)c1. The van der Waals surface area contributed by atoms with Crippen LogP contribution in [0.2, 0.25) is 0 Å². The van der Waals surface area contributed by atoms with E-state index in [9.17, 15) is 9.59 Å². The van der Waals surface area contributed by atoms with E-state index in [0.29, 0.717) is 0 Å². The van der Waals surface area contributed by atoms with Gasteiger partial charge in [-0.25, -0.2) is 0 Å². The predicted molar refractivity (Wildman–Crippen MR) is 133 cm³/mol. The molecule has 3 aliphatic rings. The van der Waals surface area contributed by atoms with Crippen LogP contribution in [0.4, 0.5) is 0 Å². The molecule has 0 radical (unpaired) electrons. The van der Waals surface area contributed by atoms with E-state index in [1.807, 2.05) is 42.5 Å². The highest BCUT2D eigenvalue weighted by atomic mass is 16.1. The van der Waals surface area contributed by atoms with Gasteiger partial charge in [0.05, 0.1) is 11.3 Å². The quantitative estimate of drug-likeness (QED) is 0.336. The summed E-state index contributed by atoms with van der Waals surface area (Å²) in [6.07, 6.45) is 0. The van der Waals surface area contributed by atoms with Crippen molar-refractivity contribution in [3.63, 3.8) is 0 Å². The second-order valence-electron chi connectivity index (χ2n) is 9.74. The fourth-order valence-electron chi connectivity index (χ4n) is 6.64. The smallest absolute Gasteiger partial charge is 0.191 e. The molecule has 2 heteroatoms. The van der Waals surface area contributed by atoms with Crippen molar-refractivity contribution in [2.75, 3.05) is 0 Å². The summed E-state index contributed by atoms with van der Waals surface area (Å²) in [7, 11) is 0. The molecule has 2 unspecified atom stereocenters. The van der Waals surface area contributed by atoms with Crippen LogP contribution in [-0.4, -0.2) is 11.6 Å². The van der Waals surface area contributed by atoms with E-state index < -0.39 is 11.3 Å². The van der Waals surface area contributed by atoms with E-state index in [0.717, 1.165) is 61.2 Å². The van der Waals surface area contributed by atoms with Crippen molar-refractivity contribution in [2.45, 2.75) is 25.2 Å². The zero-order valence-corrected chi connectivity index (χ0v) is 19.1. The molecular formula is C32H22O2. The zero-order chi connectivity index (χ0) is 23.2. The monoisotopic (exact) mass is 438 g/mol. The molecule has 0 saturated carbocycles. The molecule has 3 aliphatic carbocycles. The summed E-state index contributed by atoms with van der Waals surface area (Å²) in [6, 6.07) is 30.5. The molecular weight excluding hydrogens is 416 g/mol. The molecule has 0 aromatic heterocycles. The molecule has 4 aromatic rings. The molecule has 2 atom stereocenters. The van der Waals surface area contributed by atoms with Crippen LogP contribution in [0.5, 0.6) is 0 Å².